The number of rotatable bonds is 2. The van der Waals surface area contributed by atoms with Crippen molar-refractivity contribution in [3.63, 3.8) is 0 Å². The summed E-state index contributed by atoms with van der Waals surface area (Å²) < 4.78 is 6.71. The second kappa shape index (κ2) is 9.30. The lowest BCUT2D eigenvalue weighted by Gasteiger charge is -2.13. The Balaban J connectivity index is 1.34. The molecular weight excluding hydrogens is 571 g/mol. The summed E-state index contributed by atoms with van der Waals surface area (Å²) in [6.07, 6.45) is 0. The average molecular weight is 590 g/mol. The van der Waals surface area contributed by atoms with Gasteiger partial charge in [-0.15, -0.1) is 11.3 Å². The molecule has 0 aliphatic carbocycles. The third kappa shape index (κ3) is 3.51. The van der Waals surface area contributed by atoms with E-state index < -0.39 is 0 Å². The molecular formula is C39H19N5S. The van der Waals surface area contributed by atoms with Gasteiger partial charge in [0.2, 0.25) is 5.69 Å². The van der Waals surface area contributed by atoms with Crippen molar-refractivity contribution in [2.75, 3.05) is 0 Å². The first kappa shape index (κ1) is 25.1. The molecule has 0 aliphatic heterocycles. The van der Waals surface area contributed by atoms with Gasteiger partial charge in [0, 0.05) is 42.3 Å². The Kier molecular flexibility index (Phi) is 5.20. The molecule has 0 fully saturated rings. The highest BCUT2D eigenvalue weighted by Crippen LogP contribution is 2.43. The van der Waals surface area contributed by atoms with Crippen molar-refractivity contribution >= 4 is 80.8 Å². The smallest absolute Gasteiger partial charge is 0.204 e. The van der Waals surface area contributed by atoms with Crippen LogP contribution in [0.3, 0.4) is 0 Å². The molecule has 0 amide bonds. The molecule has 0 unspecified atom stereocenters. The molecule has 6 heteroatoms. The van der Waals surface area contributed by atoms with Crippen LogP contribution in [0.5, 0.6) is 0 Å². The van der Waals surface area contributed by atoms with Crippen LogP contribution in [0.15, 0.2) is 115 Å². The van der Waals surface area contributed by atoms with E-state index in [1.165, 1.54) is 16.2 Å². The molecule has 0 aliphatic rings. The van der Waals surface area contributed by atoms with Crippen molar-refractivity contribution in [3.05, 3.63) is 138 Å². The highest BCUT2D eigenvalue weighted by Gasteiger charge is 2.18. The fourth-order valence-corrected chi connectivity index (χ4v) is 8.00. The maximum absolute atomic E-state index is 9.62. The van der Waals surface area contributed by atoms with Crippen LogP contribution in [0.1, 0.15) is 11.1 Å². The average Bonchev–Trinajstić information content (AvgIpc) is 3.73. The van der Waals surface area contributed by atoms with Gasteiger partial charge in [-0.25, -0.2) is 4.85 Å². The Morgan fingerprint density at radius 1 is 0.533 bits per heavy atom. The second-order valence-electron chi connectivity index (χ2n) is 11.1. The van der Waals surface area contributed by atoms with E-state index in [-0.39, 0.29) is 0 Å². The van der Waals surface area contributed by atoms with Crippen molar-refractivity contribution in [1.29, 1.82) is 10.5 Å². The first-order valence-electron chi connectivity index (χ1n) is 14.4. The van der Waals surface area contributed by atoms with Gasteiger partial charge in [0.05, 0.1) is 51.9 Å². The zero-order valence-electron chi connectivity index (χ0n) is 23.6. The molecule has 0 saturated heterocycles. The van der Waals surface area contributed by atoms with Crippen LogP contribution < -0.4 is 0 Å². The molecule has 0 atom stereocenters. The monoisotopic (exact) mass is 589 g/mol. The molecule has 3 heterocycles. The van der Waals surface area contributed by atoms with Gasteiger partial charge in [0.1, 0.15) is 0 Å². The number of thiophene rings is 1. The molecule has 3 aromatic heterocycles. The minimum atomic E-state index is 0.582. The number of hydrogen-bond donors (Lipinski definition) is 0. The number of nitrogens with zero attached hydrogens (tertiary/aromatic N) is 5. The first-order valence-corrected chi connectivity index (χ1v) is 15.2. The number of aromatic nitrogens is 2. The molecule has 9 aromatic rings. The normalized spacial score (nSPS) is 11.5. The van der Waals surface area contributed by atoms with Crippen molar-refractivity contribution in [3.8, 4) is 23.5 Å². The van der Waals surface area contributed by atoms with Crippen LogP contribution in [-0.2, 0) is 0 Å². The molecule has 6 aromatic carbocycles. The Morgan fingerprint density at radius 2 is 1.13 bits per heavy atom. The quantitative estimate of drug-likeness (QED) is 0.188. The van der Waals surface area contributed by atoms with Crippen LogP contribution in [0.25, 0.3) is 80.0 Å². The largest absolute Gasteiger partial charge is 0.309 e. The Bertz CT molecular complexity index is 2790. The van der Waals surface area contributed by atoms with Crippen molar-refractivity contribution < 1.29 is 0 Å². The first-order chi connectivity index (χ1) is 22.2. The predicted octanol–water partition coefficient (Wildman–Crippen LogP) is 10.5. The van der Waals surface area contributed by atoms with E-state index in [2.05, 4.69) is 92.8 Å². The fraction of sp³-hybridized carbons (Fsp3) is 0. The van der Waals surface area contributed by atoms with Crippen molar-refractivity contribution in [1.82, 2.24) is 9.13 Å². The second-order valence-corrected chi connectivity index (χ2v) is 12.2. The number of fused-ring (bicyclic) bond motifs is 9. The van der Waals surface area contributed by atoms with Crippen LogP contribution in [0.2, 0.25) is 0 Å². The SMILES string of the molecule is [C-]#[N+]c1cccc2c1sc1cc3c(cc12)c1ccccc1n3-c1cccc(-n2c3ccc(C#N)cc3c3cc(C#N)ccc32)c1. The molecule has 0 spiro atoms. The van der Waals surface area contributed by atoms with Gasteiger partial charge < -0.3 is 9.13 Å². The van der Waals surface area contributed by atoms with Gasteiger partial charge in [0.15, 0.2) is 0 Å². The number of hydrogen-bond acceptors (Lipinski definition) is 3. The molecule has 5 nitrogen and oxygen atoms in total. The van der Waals surface area contributed by atoms with Crippen LogP contribution in [0, 0.1) is 29.2 Å². The molecule has 0 N–H and O–H groups in total. The summed E-state index contributed by atoms with van der Waals surface area (Å²) >= 11 is 1.67. The van der Waals surface area contributed by atoms with E-state index in [4.69, 9.17) is 6.57 Å². The summed E-state index contributed by atoms with van der Waals surface area (Å²) in [6.45, 7) is 7.69. The maximum atomic E-state index is 9.62. The lowest BCUT2D eigenvalue weighted by molar-refractivity contribution is 1.13. The summed E-state index contributed by atoms with van der Waals surface area (Å²) in [4.78, 5) is 3.78. The van der Waals surface area contributed by atoms with Crippen LogP contribution >= 0.6 is 11.3 Å². The zero-order chi connectivity index (χ0) is 30.2. The van der Waals surface area contributed by atoms with Crippen molar-refractivity contribution in [2.45, 2.75) is 0 Å². The van der Waals surface area contributed by atoms with E-state index in [9.17, 15) is 10.5 Å². The molecule has 0 radical (unpaired) electrons. The Hall–Kier alpha value is -6.39. The van der Waals surface area contributed by atoms with Gasteiger partial charge in [-0.2, -0.15) is 10.5 Å². The summed E-state index contributed by atoms with van der Waals surface area (Å²) in [5, 5.41) is 25.7. The maximum Gasteiger partial charge on any atom is 0.204 e. The number of benzene rings is 6. The van der Waals surface area contributed by atoms with Crippen molar-refractivity contribution in [2.24, 2.45) is 0 Å². The summed E-state index contributed by atoms with van der Waals surface area (Å²) in [7, 11) is 0. The third-order valence-corrected chi connectivity index (χ3v) is 9.95. The minimum Gasteiger partial charge on any atom is -0.309 e. The molecule has 45 heavy (non-hydrogen) atoms. The number of nitriles is 2. The molecule has 0 bridgehead atoms. The molecule has 9 rings (SSSR count). The minimum absolute atomic E-state index is 0.582. The molecule has 0 saturated carbocycles. The Labute approximate surface area is 261 Å². The van der Waals surface area contributed by atoms with Gasteiger partial charge in [-0.05, 0) is 83.6 Å². The van der Waals surface area contributed by atoms with E-state index in [1.807, 2.05) is 48.5 Å². The highest BCUT2D eigenvalue weighted by molar-refractivity contribution is 7.26. The zero-order valence-corrected chi connectivity index (χ0v) is 24.4. The highest BCUT2D eigenvalue weighted by atomic mass is 32.1. The van der Waals surface area contributed by atoms with Gasteiger partial charge >= 0.3 is 0 Å². The molecule has 206 valence electrons. The van der Waals surface area contributed by atoms with Gasteiger partial charge in [0.25, 0.3) is 0 Å². The Morgan fingerprint density at radius 3 is 1.82 bits per heavy atom. The van der Waals surface area contributed by atoms with E-state index in [0.717, 1.165) is 59.0 Å². The van der Waals surface area contributed by atoms with E-state index in [0.29, 0.717) is 16.8 Å². The van der Waals surface area contributed by atoms with E-state index >= 15 is 0 Å². The lowest BCUT2D eigenvalue weighted by Crippen LogP contribution is -1.98. The van der Waals surface area contributed by atoms with E-state index in [1.54, 1.807) is 11.3 Å². The third-order valence-electron chi connectivity index (χ3n) is 8.76. The summed E-state index contributed by atoms with van der Waals surface area (Å²) in [5.74, 6) is 0. The standard InChI is InChI=1S/C39H19N5S/c1-42-33-10-5-9-28-32-19-31-27-8-2-3-11-34(27)44(37(31)20-38(32)45-39(28)33)26-7-4-6-25(18-26)43-35-14-12-23(21-40)16-29(35)30-17-24(22-41)13-15-36(30)43/h2-20H. The van der Waals surface area contributed by atoms with Crippen LogP contribution in [0.4, 0.5) is 5.69 Å². The lowest BCUT2D eigenvalue weighted by atomic mass is 10.1. The predicted molar refractivity (Wildman–Crippen MR) is 184 cm³/mol. The fourth-order valence-electron chi connectivity index (χ4n) is 6.82. The summed E-state index contributed by atoms with van der Waals surface area (Å²) in [6, 6.07) is 43.5. The number of para-hydroxylation sites is 1. The van der Waals surface area contributed by atoms with Gasteiger partial charge in [-0.1, -0.05) is 42.5 Å². The van der Waals surface area contributed by atoms with Crippen LogP contribution in [-0.4, -0.2) is 9.13 Å². The summed E-state index contributed by atoms with van der Waals surface area (Å²) in [5.41, 5.74) is 8.04. The topological polar surface area (TPSA) is 61.8 Å². The van der Waals surface area contributed by atoms with Gasteiger partial charge in [-0.3, -0.25) is 0 Å².